The maximum Gasteiger partial charge on any atom is 0.281 e. The van der Waals surface area contributed by atoms with Gasteiger partial charge in [-0.3, -0.25) is 14.0 Å². The molecule has 2 aromatic heterocycles. The summed E-state index contributed by atoms with van der Waals surface area (Å²) >= 11 is 0. The molecule has 0 saturated carbocycles. The molecule has 3 rings (SSSR count). The van der Waals surface area contributed by atoms with Crippen LogP contribution in [0, 0.1) is 0 Å². The van der Waals surface area contributed by atoms with Crippen molar-refractivity contribution >= 4 is 17.2 Å². The molecule has 0 atom stereocenters. The van der Waals surface area contributed by atoms with Crippen LogP contribution in [0.1, 0.15) is 5.56 Å². The van der Waals surface area contributed by atoms with E-state index in [9.17, 15) is 9.59 Å². The van der Waals surface area contributed by atoms with Gasteiger partial charge in [-0.2, -0.15) is 0 Å². The zero-order valence-corrected chi connectivity index (χ0v) is 12.4. The highest BCUT2D eigenvalue weighted by Crippen LogP contribution is 2.01. The predicted octanol–water partition coefficient (Wildman–Crippen LogP) is 1.42. The van der Waals surface area contributed by atoms with Crippen molar-refractivity contribution in [1.29, 1.82) is 0 Å². The Hall–Kier alpha value is -3.15. The van der Waals surface area contributed by atoms with Crippen molar-refractivity contribution in [2.75, 3.05) is 11.9 Å². The Kier molecular flexibility index (Phi) is 4.33. The number of pyridine rings is 1. The number of rotatable bonds is 5. The Morgan fingerprint density at radius 2 is 1.87 bits per heavy atom. The summed E-state index contributed by atoms with van der Waals surface area (Å²) in [6, 6.07) is 15.0. The van der Waals surface area contributed by atoms with Gasteiger partial charge in [-0.05, 0) is 17.7 Å². The molecule has 0 aliphatic rings. The van der Waals surface area contributed by atoms with Crippen LogP contribution in [0.5, 0.6) is 0 Å². The fraction of sp³-hybridized carbons (Fsp3) is 0.118. The van der Waals surface area contributed by atoms with Gasteiger partial charge in [0.05, 0.1) is 12.7 Å². The molecule has 0 spiro atoms. The van der Waals surface area contributed by atoms with Crippen molar-refractivity contribution in [3.05, 3.63) is 76.8 Å². The lowest BCUT2D eigenvalue weighted by atomic mass is 10.2. The normalized spacial score (nSPS) is 10.4. The van der Waals surface area contributed by atoms with Crippen molar-refractivity contribution in [3.8, 4) is 0 Å². The van der Waals surface area contributed by atoms with Gasteiger partial charge >= 0.3 is 0 Å². The standard InChI is InChI=1S/C17H16N4O2/c22-16(20-10-13-6-2-1-3-7-13)12-18-14-11-19-15-8-4-5-9-21(15)17(14)23/h1-9,11,18H,10,12H2,(H,20,22). The fourth-order valence-electron chi connectivity index (χ4n) is 2.18. The number of fused-ring (bicyclic) bond motifs is 1. The highest BCUT2D eigenvalue weighted by atomic mass is 16.2. The maximum atomic E-state index is 12.2. The number of carbonyl (C=O) groups excluding carboxylic acids is 1. The number of amides is 1. The Morgan fingerprint density at radius 1 is 1.09 bits per heavy atom. The van der Waals surface area contributed by atoms with Crippen LogP contribution < -0.4 is 16.2 Å². The monoisotopic (exact) mass is 308 g/mol. The van der Waals surface area contributed by atoms with Gasteiger partial charge in [-0.1, -0.05) is 36.4 Å². The zero-order chi connectivity index (χ0) is 16.1. The van der Waals surface area contributed by atoms with E-state index in [0.29, 0.717) is 17.9 Å². The molecule has 6 nitrogen and oxygen atoms in total. The minimum absolute atomic E-state index is 0.0165. The lowest BCUT2D eigenvalue weighted by Gasteiger charge is -2.08. The average Bonchev–Trinajstić information content (AvgIpc) is 2.60. The smallest absolute Gasteiger partial charge is 0.281 e. The summed E-state index contributed by atoms with van der Waals surface area (Å²) in [7, 11) is 0. The van der Waals surface area contributed by atoms with Crippen molar-refractivity contribution in [2.45, 2.75) is 6.54 Å². The summed E-state index contributed by atoms with van der Waals surface area (Å²) in [5.74, 6) is -0.189. The summed E-state index contributed by atoms with van der Waals surface area (Å²) in [5, 5.41) is 5.63. The van der Waals surface area contributed by atoms with E-state index in [2.05, 4.69) is 15.6 Å². The molecule has 1 aromatic carbocycles. The van der Waals surface area contributed by atoms with Crippen LogP contribution in [0.25, 0.3) is 5.65 Å². The second-order valence-electron chi connectivity index (χ2n) is 5.02. The molecule has 1 amide bonds. The average molecular weight is 308 g/mol. The van der Waals surface area contributed by atoms with Gasteiger partial charge in [0.25, 0.3) is 5.56 Å². The molecule has 3 aromatic rings. The molecule has 2 heterocycles. The first-order valence-electron chi connectivity index (χ1n) is 7.25. The van der Waals surface area contributed by atoms with Crippen molar-refractivity contribution in [2.24, 2.45) is 0 Å². The molecule has 0 bridgehead atoms. The van der Waals surface area contributed by atoms with Crippen LogP contribution in [0.15, 0.2) is 65.7 Å². The van der Waals surface area contributed by atoms with Crippen molar-refractivity contribution < 1.29 is 4.79 Å². The van der Waals surface area contributed by atoms with Gasteiger partial charge in [0, 0.05) is 12.7 Å². The number of carbonyl (C=O) groups is 1. The van der Waals surface area contributed by atoms with E-state index in [4.69, 9.17) is 0 Å². The molecule has 0 aliphatic heterocycles. The zero-order valence-electron chi connectivity index (χ0n) is 12.4. The van der Waals surface area contributed by atoms with Gasteiger partial charge < -0.3 is 10.6 Å². The number of benzene rings is 1. The number of aromatic nitrogens is 2. The number of nitrogens with one attached hydrogen (secondary N) is 2. The molecular formula is C17H16N4O2. The molecule has 0 radical (unpaired) electrons. The van der Waals surface area contributed by atoms with E-state index in [-0.39, 0.29) is 18.0 Å². The molecule has 6 heteroatoms. The highest BCUT2D eigenvalue weighted by Gasteiger charge is 2.06. The minimum Gasteiger partial charge on any atom is -0.370 e. The molecular weight excluding hydrogens is 292 g/mol. The third-order valence-corrected chi connectivity index (χ3v) is 3.39. The number of nitrogens with zero attached hydrogens (tertiary/aromatic N) is 2. The number of hydrogen-bond acceptors (Lipinski definition) is 4. The van der Waals surface area contributed by atoms with Crippen molar-refractivity contribution in [1.82, 2.24) is 14.7 Å². The van der Waals surface area contributed by atoms with E-state index >= 15 is 0 Å². The quantitative estimate of drug-likeness (QED) is 0.747. The lowest BCUT2D eigenvalue weighted by Crippen LogP contribution is -2.31. The molecule has 0 saturated heterocycles. The van der Waals surface area contributed by atoms with E-state index in [0.717, 1.165) is 5.56 Å². The summed E-state index contributed by atoms with van der Waals surface area (Å²) in [5.41, 5.74) is 1.65. The van der Waals surface area contributed by atoms with E-state index in [1.165, 1.54) is 10.6 Å². The summed E-state index contributed by atoms with van der Waals surface area (Å²) in [6.07, 6.45) is 3.09. The first kappa shape index (κ1) is 14.8. The fourth-order valence-corrected chi connectivity index (χ4v) is 2.18. The number of hydrogen-bond donors (Lipinski definition) is 2. The summed E-state index contributed by atoms with van der Waals surface area (Å²) in [6.45, 7) is 0.471. The molecule has 0 fully saturated rings. The molecule has 23 heavy (non-hydrogen) atoms. The van der Waals surface area contributed by atoms with E-state index in [1.54, 1.807) is 18.3 Å². The summed E-state index contributed by atoms with van der Waals surface area (Å²) < 4.78 is 1.43. The van der Waals surface area contributed by atoms with Gasteiger partial charge in [0.2, 0.25) is 5.91 Å². The lowest BCUT2D eigenvalue weighted by molar-refractivity contribution is -0.119. The van der Waals surface area contributed by atoms with Gasteiger partial charge in [0.1, 0.15) is 11.3 Å². The number of anilines is 1. The third-order valence-electron chi connectivity index (χ3n) is 3.39. The Bertz CT molecular complexity index is 874. The molecule has 116 valence electrons. The first-order chi connectivity index (χ1) is 11.2. The van der Waals surface area contributed by atoms with Crippen LogP contribution in [0.2, 0.25) is 0 Å². The predicted molar refractivity (Wildman–Crippen MR) is 88.2 cm³/mol. The van der Waals surface area contributed by atoms with E-state index in [1.807, 2.05) is 36.4 Å². The van der Waals surface area contributed by atoms with Crippen LogP contribution in [-0.4, -0.2) is 21.8 Å². The molecule has 0 aliphatic carbocycles. The first-order valence-corrected chi connectivity index (χ1v) is 7.25. The van der Waals surface area contributed by atoms with Crippen molar-refractivity contribution in [3.63, 3.8) is 0 Å². The highest BCUT2D eigenvalue weighted by molar-refractivity contribution is 5.80. The SMILES string of the molecule is O=C(CNc1cnc2ccccn2c1=O)NCc1ccccc1. The topological polar surface area (TPSA) is 75.5 Å². The second kappa shape index (κ2) is 6.74. The van der Waals surface area contributed by atoms with E-state index < -0.39 is 0 Å². The van der Waals surface area contributed by atoms with Gasteiger partial charge in [0.15, 0.2) is 0 Å². The second-order valence-corrected chi connectivity index (χ2v) is 5.02. The Morgan fingerprint density at radius 3 is 2.70 bits per heavy atom. The Balaban J connectivity index is 1.61. The summed E-state index contributed by atoms with van der Waals surface area (Å²) in [4.78, 5) is 28.3. The van der Waals surface area contributed by atoms with Gasteiger partial charge in [-0.25, -0.2) is 4.98 Å². The van der Waals surface area contributed by atoms with Crippen LogP contribution in [0.4, 0.5) is 5.69 Å². The molecule has 0 unspecified atom stereocenters. The third kappa shape index (κ3) is 3.55. The Labute approximate surface area is 132 Å². The van der Waals surface area contributed by atoms with Gasteiger partial charge in [-0.15, -0.1) is 0 Å². The largest absolute Gasteiger partial charge is 0.370 e. The maximum absolute atomic E-state index is 12.2. The van der Waals surface area contributed by atoms with Crippen LogP contribution >= 0.6 is 0 Å². The van der Waals surface area contributed by atoms with Crippen LogP contribution in [0.3, 0.4) is 0 Å². The molecule has 2 N–H and O–H groups in total. The minimum atomic E-state index is -0.230. The van der Waals surface area contributed by atoms with Crippen LogP contribution in [-0.2, 0) is 11.3 Å².